The second-order valence-electron chi connectivity index (χ2n) is 4.31. The van der Waals surface area contributed by atoms with Crippen LogP contribution < -0.4 is 9.47 Å². The molecular formula is C16H14F2O4. The van der Waals surface area contributed by atoms with E-state index in [4.69, 9.17) is 4.74 Å². The summed E-state index contributed by atoms with van der Waals surface area (Å²) < 4.78 is 39.4. The third-order valence-electron chi connectivity index (χ3n) is 2.82. The monoisotopic (exact) mass is 308 g/mol. The number of methoxy groups -OCH3 is 1. The number of halogens is 2. The number of ether oxygens (including phenoxy) is 3. The molecule has 0 fully saturated rings. The molecule has 0 aromatic heterocycles. The maximum absolute atomic E-state index is 12.5. The molecule has 0 radical (unpaired) electrons. The molecule has 0 atom stereocenters. The van der Waals surface area contributed by atoms with Crippen molar-refractivity contribution in [1.29, 1.82) is 0 Å². The summed E-state index contributed by atoms with van der Waals surface area (Å²) in [6, 6.07) is 13.2. The highest BCUT2D eigenvalue weighted by Gasteiger charge is 2.15. The molecule has 0 N–H and O–H groups in total. The van der Waals surface area contributed by atoms with Crippen LogP contribution in [0.1, 0.15) is 15.9 Å². The Morgan fingerprint density at radius 2 is 1.82 bits per heavy atom. The molecule has 2 aromatic rings. The van der Waals surface area contributed by atoms with Gasteiger partial charge in [0.2, 0.25) is 0 Å². The summed E-state index contributed by atoms with van der Waals surface area (Å²) >= 11 is 0. The van der Waals surface area contributed by atoms with Gasteiger partial charge in [0.25, 0.3) is 0 Å². The fourth-order valence-electron chi connectivity index (χ4n) is 1.80. The highest BCUT2D eigenvalue weighted by atomic mass is 19.3. The summed E-state index contributed by atoms with van der Waals surface area (Å²) in [6.45, 7) is -2.83. The highest BCUT2D eigenvalue weighted by Crippen LogP contribution is 2.30. The van der Waals surface area contributed by atoms with Crippen molar-refractivity contribution in [1.82, 2.24) is 0 Å². The topological polar surface area (TPSA) is 44.8 Å². The van der Waals surface area contributed by atoms with Gasteiger partial charge in [-0.05, 0) is 23.8 Å². The molecule has 0 aliphatic carbocycles. The van der Waals surface area contributed by atoms with Crippen molar-refractivity contribution < 1.29 is 27.8 Å². The van der Waals surface area contributed by atoms with E-state index in [1.165, 1.54) is 25.3 Å². The summed E-state index contributed by atoms with van der Waals surface area (Å²) in [5.41, 5.74) is 0.979. The van der Waals surface area contributed by atoms with E-state index >= 15 is 0 Å². The lowest BCUT2D eigenvalue weighted by Crippen LogP contribution is -2.07. The van der Waals surface area contributed by atoms with Crippen molar-refractivity contribution in [3.63, 3.8) is 0 Å². The van der Waals surface area contributed by atoms with Crippen LogP contribution in [0.15, 0.2) is 48.5 Å². The van der Waals surface area contributed by atoms with Crippen molar-refractivity contribution >= 4 is 5.97 Å². The Labute approximate surface area is 126 Å². The van der Waals surface area contributed by atoms with Gasteiger partial charge in [-0.1, -0.05) is 30.3 Å². The molecule has 0 bridgehead atoms. The molecule has 6 heteroatoms. The Balaban J connectivity index is 2.19. The van der Waals surface area contributed by atoms with Crippen LogP contribution in [0.25, 0.3) is 0 Å². The predicted octanol–water partition coefficient (Wildman–Crippen LogP) is 3.65. The van der Waals surface area contributed by atoms with Crippen molar-refractivity contribution in [2.24, 2.45) is 0 Å². The zero-order valence-corrected chi connectivity index (χ0v) is 11.8. The highest BCUT2D eigenvalue weighted by molar-refractivity contribution is 5.90. The minimum atomic E-state index is -3.02. The van der Waals surface area contributed by atoms with Gasteiger partial charge >= 0.3 is 12.6 Å². The van der Waals surface area contributed by atoms with Gasteiger partial charge in [-0.15, -0.1) is 0 Å². The molecule has 0 heterocycles. The maximum Gasteiger partial charge on any atom is 0.387 e. The fourth-order valence-corrected chi connectivity index (χ4v) is 1.80. The van der Waals surface area contributed by atoms with E-state index in [-0.39, 0.29) is 23.7 Å². The van der Waals surface area contributed by atoms with E-state index in [0.717, 1.165) is 5.56 Å². The molecule has 22 heavy (non-hydrogen) atoms. The average molecular weight is 308 g/mol. The van der Waals surface area contributed by atoms with Gasteiger partial charge < -0.3 is 14.2 Å². The molecule has 0 amide bonds. The second kappa shape index (κ2) is 7.40. The van der Waals surface area contributed by atoms with E-state index in [1.807, 2.05) is 30.3 Å². The first-order valence-corrected chi connectivity index (χ1v) is 6.44. The van der Waals surface area contributed by atoms with Crippen LogP contribution in [-0.4, -0.2) is 19.7 Å². The normalized spacial score (nSPS) is 10.4. The quantitative estimate of drug-likeness (QED) is 0.764. The first-order valence-electron chi connectivity index (χ1n) is 6.44. The molecule has 0 aliphatic rings. The van der Waals surface area contributed by atoms with Gasteiger partial charge in [0.05, 0.1) is 12.7 Å². The third-order valence-corrected chi connectivity index (χ3v) is 2.82. The van der Waals surface area contributed by atoms with Crippen molar-refractivity contribution in [2.45, 2.75) is 13.2 Å². The largest absolute Gasteiger partial charge is 0.485 e. The Bertz CT molecular complexity index is 629. The number of benzene rings is 2. The van der Waals surface area contributed by atoms with Crippen LogP contribution in [0, 0.1) is 0 Å². The Kier molecular flexibility index (Phi) is 5.30. The lowest BCUT2D eigenvalue weighted by molar-refractivity contribution is -0.0516. The first kappa shape index (κ1) is 15.8. The minimum Gasteiger partial charge on any atom is -0.485 e. The molecule has 116 valence electrons. The number of hydrogen-bond acceptors (Lipinski definition) is 4. The zero-order chi connectivity index (χ0) is 15.9. The number of alkyl halides is 2. The minimum absolute atomic E-state index is 0.102. The molecule has 2 rings (SSSR count). The van der Waals surface area contributed by atoms with Crippen molar-refractivity contribution in [2.75, 3.05) is 7.11 Å². The SMILES string of the molecule is COC(=O)c1ccc(OCc2ccccc2)c(OC(F)F)c1. The molecular weight excluding hydrogens is 294 g/mol. The zero-order valence-electron chi connectivity index (χ0n) is 11.8. The summed E-state index contributed by atoms with van der Waals surface area (Å²) in [6.07, 6.45) is 0. The van der Waals surface area contributed by atoms with E-state index < -0.39 is 12.6 Å². The molecule has 4 nitrogen and oxygen atoms in total. The Morgan fingerprint density at radius 3 is 2.45 bits per heavy atom. The van der Waals surface area contributed by atoms with Gasteiger partial charge in [0, 0.05) is 0 Å². The number of rotatable bonds is 6. The smallest absolute Gasteiger partial charge is 0.387 e. The number of hydrogen-bond donors (Lipinski definition) is 0. The average Bonchev–Trinajstić information content (AvgIpc) is 2.53. The number of carbonyl (C=O) groups excluding carboxylic acids is 1. The van der Waals surface area contributed by atoms with Gasteiger partial charge in [-0.25, -0.2) is 4.79 Å². The number of esters is 1. The van der Waals surface area contributed by atoms with Crippen molar-refractivity contribution in [3.05, 3.63) is 59.7 Å². The third kappa shape index (κ3) is 4.18. The van der Waals surface area contributed by atoms with Crippen LogP contribution in [0.5, 0.6) is 11.5 Å². The van der Waals surface area contributed by atoms with E-state index in [0.29, 0.717) is 0 Å². The summed E-state index contributed by atoms with van der Waals surface area (Å²) in [5, 5.41) is 0. The lowest BCUT2D eigenvalue weighted by atomic mass is 10.2. The van der Waals surface area contributed by atoms with Gasteiger partial charge in [-0.3, -0.25) is 0 Å². The molecule has 0 spiro atoms. The summed E-state index contributed by atoms with van der Waals surface area (Å²) in [7, 11) is 1.20. The van der Waals surface area contributed by atoms with Gasteiger partial charge in [-0.2, -0.15) is 8.78 Å². The van der Waals surface area contributed by atoms with Crippen LogP contribution in [-0.2, 0) is 11.3 Å². The molecule has 0 aliphatic heterocycles. The first-order chi connectivity index (χ1) is 10.6. The van der Waals surface area contributed by atoms with E-state index in [1.54, 1.807) is 0 Å². The fraction of sp³-hybridized carbons (Fsp3) is 0.188. The van der Waals surface area contributed by atoms with Crippen molar-refractivity contribution in [3.8, 4) is 11.5 Å². The summed E-state index contributed by atoms with van der Waals surface area (Å²) in [5.74, 6) is -0.737. The molecule has 0 saturated heterocycles. The molecule has 0 unspecified atom stereocenters. The van der Waals surface area contributed by atoms with Gasteiger partial charge in [0.1, 0.15) is 6.61 Å². The standard InChI is InChI=1S/C16H14F2O4/c1-20-15(19)12-7-8-13(14(9-12)22-16(17)18)21-10-11-5-3-2-4-6-11/h2-9,16H,10H2,1H3. The predicted molar refractivity (Wildman–Crippen MR) is 75.2 cm³/mol. The molecule has 0 saturated carbocycles. The van der Waals surface area contributed by atoms with Crippen LogP contribution in [0.2, 0.25) is 0 Å². The summed E-state index contributed by atoms with van der Waals surface area (Å²) in [4.78, 5) is 11.4. The van der Waals surface area contributed by atoms with Crippen LogP contribution in [0.4, 0.5) is 8.78 Å². The van der Waals surface area contributed by atoms with Crippen LogP contribution in [0.3, 0.4) is 0 Å². The van der Waals surface area contributed by atoms with Gasteiger partial charge in [0.15, 0.2) is 11.5 Å². The Hall–Kier alpha value is -2.63. The number of carbonyl (C=O) groups is 1. The molecule has 2 aromatic carbocycles. The Morgan fingerprint density at radius 1 is 1.09 bits per heavy atom. The van der Waals surface area contributed by atoms with E-state index in [9.17, 15) is 13.6 Å². The lowest BCUT2D eigenvalue weighted by Gasteiger charge is -2.13. The van der Waals surface area contributed by atoms with E-state index in [2.05, 4.69) is 9.47 Å². The second-order valence-corrected chi connectivity index (χ2v) is 4.31. The maximum atomic E-state index is 12.5. The van der Waals surface area contributed by atoms with Crippen LogP contribution >= 0.6 is 0 Å².